The monoisotopic (exact) mass is 293 g/mol. The Labute approximate surface area is 123 Å². The minimum absolute atomic E-state index is 0.0102. The number of carbonyl (C=O) groups excluding carboxylic acids is 1. The van der Waals surface area contributed by atoms with Gasteiger partial charge in [0, 0.05) is 32.3 Å². The molecule has 1 amide bonds. The first-order valence-corrected chi connectivity index (χ1v) is 7.41. The highest BCUT2D eigenvalue weighted by Crippen LogP contribution is 2.22. The van der Waals surface area contributed by atoms with Crippen LogP contribution in [0.3, 0.4) is 0 Å². The van der Waals surface area contributed by atoms with Crippen LogP contribution in [-0.2, 0) is 9.53 Å². The van der Waals surface area contributed by atoms with Gasteiger partial charge >= 0.3 is 0 Å². The van der Waals surface area contributed by atoms with Gasteiger partial charge in [0.25, 0.3) is 0 Å². The second-order valence-corrected chi connectivity index (χ2v) is 5.71. The number of piperazine rings is 1. The van der Waals surface area contributed by atoms with Crippen molar-refractivity contribution in [1.82, 2.24) is 9.88 Å². The molecule has 2 unspecified atom stereocenters. The van der Waals surface area contributed by atoms with E-state index in [2.05, 4.69) is 9.88 Å². The number of amides is 1. The highest BCUT2D eigenvalue weighted by atomic mass is 19.1. The van der Waals surface area contributed by atoms with Crippen LogP contribution >= 0.6 is 0 Å². The summed E-state index contributed by atoms with van der Waals surface area (Å²) in [5, 5.41) is 0. The first kappa shape index (κ1) is 14.3. The minimum atomic E-state index is -0.471. The van der Waals surface area contributed by atoms with E-state index in [1.807, 2.05) is 17.9 Å². The number of nitrogens with zero attached hydrogens (tertiary/aromatic N) is 3. The number of ether oxygens (including phenoxy) is 1. The molecule has 0 saturated carbocycles. The zero-order chi connectivity index (χ0) is 14.8. The summed E-state index contributed by atoms with van der Waals surface area (Å²) in [6.07, 6.45) is 0.818. The van der Waals surface area contributed by atoms with Crippen LogP contribution in [0.4, 0.5) is 10.2 Å². The normalized spacial score (nSPS) is 26.2. The van der Waals surface area contributed by atoms with Gasteiger partial charge in [-0.15, -0.1) is 0 Å². The number of hydrogen-bond acceptors (Lipinski definition) is 4. The Morgan fingerprint density at radius 1 is 1.43 bits per heavy atom. The Morgan fingerprint density at radius 2 is 2.29 bits per heavy atom. The first-order chi connectivity index (χ1) is 10.1. The number of carbonyl (C=O) groups is 1. The zero-order valence-corrected chi connectivity index (χ0v) is 12.2. The van der Waals surface area contributed by atoms with Gasteiger partial charge in [-0.1, -0.05) is 6.07 Å². The van der Waals surface area contributed by atoms with E-state index in [9.17, 15) is 9.18 Å². The number of pyridine rings is 1. The third-order valence-electron chi connectivity index (χ3n) is 4.21. The molecule has 1 aromatic heterocycles. The highest BCUT2D eigenvalue weighted by Gasteiger charge is 2.32. The topological polar surface area (TPSA) is 45.7 Å². The van der Waals surface area contributed by atoms with Crippen molar-refractivity contribution in [3.8, 4) is 0 Å². The van der Waals surface area contributed by atoms with Crippen molar-refractivity contribution in [3.05, 3.63) is 24.1 Å². The summed E-state index contributed by atoms with van der Waals surface area (Å²) in [7, 11) is 0. The van der Waals surface area contributed by atoms with E-state index in [-0.39, 0.29) is 17.9 Å². The number of halogens is 1. The molecule has 0 aromatic carbocycles. The van der Waals surface area contributed by atoms with Crippen molar-refractivity contribution in [2.24, 2.45) is 5.92 Å². The predicted molar refractivity (Wildman–Crippen MR) is 76.5 cm³/mol. The van der Waals surface area contributed by atoms with Gasteiger partial charge < -0.3 is 14.5 Å². The Morgan fingerprint density at radius 3 is 2.95 bits per heavy atom. The molecule has 2 fully saturated rings. The molecular weight excluding hydrogens is 273 g/mol. The van der Waals surface area contributed by atoms with Crippen molar-refractivity contribution in [2.75, 3.05) is 37.7 Å². The smallest absolute Gasteiger partial charge is 0.228 e. The Balaban J connectivity index is 1.65. The van der Waals surface area contributed by atoms with Crippen LogP contribution in [0, 0.1) is 11.9 Å². The third kappa shape index (κ3) is 3.00. The van der Waals surface area contributed by atoms with E-state index in [4.69, 9.17) is 4.74 Å². The molecule has 3 rings (SSSR count). The van der Waals surface area contributed by atoms with Gasteiger partial charge in [-0.2, -0.15) is 4.39 Å². The van der Waals surface area contributed by atoms with E-state index in [1.54, 1.807) is 6.07 Å². The molecule has 1 aromatic rings. The molecule has 2 aliphatic heterocycles. The lowest BCUT2D eigenvalue weighted by Crippen LogP contribution is -2.55. The Bertz CT molecular complexity index is 519. The second kappa shape index (κ2) is 5.97. The molecule has 0 aliphatic carbocycles. The molecule has 2 saturated heterocycles. The van der Waals surface area contributed by atoms with Crippen LogP contribution in [0.1, 0.15) is 13.3 Å². The van der Waals surface area contributed by atoms with Crippen molar-refractivity contribution in [2.45, 2.75) is 19.4 Å². The largest absolute Gasteiger partial charge is 0.381 e. The molecule has 114 valence electrons. The molecule has 2 atom stereocenters. The molecule has 0 spiro atoms. The minimum Gasteiger partial charge on any atom is -0.381 e. The van der Waals surface area contributed by atoms with Crippen LogP contribution in [0.15, 0.2) is 18.2 Å². The molecule has 21 heavy (non-hydrogen) atoms. The number of anilines is 1. The lowest BCUT2D eigenvalue weighted by molar-refractivity contribution is -0.136. The van der Waals surface area contributed by atoms with E-state index in [0.717, 1.165) is 6.42 Å². The van der Waals surface area contributed by atoms with Crippen molar-refractivity contribution >= 4 is 11.7 Å². The quantitative estimate of drug-likeness (QED) is 0.771. The molecular formula is C15H20FN3O2. The molecule has 3 heterocycles. The summed E-state index contributed by atoms with van der Waals surface area (Å²) in [5.74, 6) is 0.363. The van der Waals surface area contributed by atoms with Gasteiger partial charge in [0.15, 0.2) is 0 Å². The van der Waals surface area contributed by atoms with Crippen molar-refractivity contribution in [1.29, 1.82) is 0 Å². The summed E-state index contributed by atoms with van der Waals surface area (Å²) in [4.78, 5) is 20.3. The molecule has 5 nitrogen and oxygen atoms in total. The first-order valence-electron chi connectivity index (χ1n) is 7.41. The summed E-state index contributed by atoms with van der Waals surface area (Å²) < 4.78 is 18.5. The molecule has 2 aliphatic rings. The molecule has 0 N–H and O–H groups in total. The van der Waals surface area contributed by atoms with Gasteiger partial charge in [-0.05, 0) is 25.5 Å². The predicted octanol–water partition coefficient (Wildman–Crippen LogP) is 1.29. The van der Waals surface area contributed by atoms with Gasteiger partial charge in [-0.25, -0.2) is 4.98 Å². The molecule has 0 bridgehead atoms. The highest BCUT2D eigenvalue weighted by molar-refractivity contribution is 5.79. The Kier molecular flexibility index (Phi) is 4.05. The fourth-order valence-electron chi connectivity index (χ4n) is 3.04. The fraction of sp³-hybridized carbons (Fsp3) is 0.600. The number of aromatic nitrogens is 1. The standard InChI is InChI=1S/C15H20FN3O2/c1-11-9-18(15(20)12-5-8-21-10-12)6-7-19(11)14-4-2-3-13(16)17-14/h2-4,11-12H,5-10H2,1H3. The maximum absolute atomic E-state index is 13.2. The van der Waals surface area contributed by atoms with Crippen LogP contribution in [0.2, 0.25) is 0 Å². The summed E-state index contributed by atoms with van der Waals surface area (Å²) >= 11 is 0. The van der Waals surface area contributed by atoms with Gasteiger partial charge in [0.05, 0.1) is 12.5 Å². The Hall–Kier alpha value is -1.69. The van der Waals surface area contributed by atoms with E-state index < -0.39 is 5.95 Å². The summed E-state index contributed by atoms with van der Waals surface area (Å²) in [5.41, 5.74) is 0. The van der Waals surface area contributed by atoms with Gasteiger partial charge in [0.2, 0.25) is 11.9 Å². The number of rotatable bonds is 2. The fourth-order valence-corrected chi connectivity index (χ4v) is 3.04. The average molecular weight is 293 g/mol. The van der Waals surface area contributed by atoms with Gasteiger partial charge in [0.1, 0.15) is 5.82 Å². The third-order valence-corrected chi connectivity index (χ3v) is 4.21. The SMILES string of the molecule is CC1CN(C(=O)C2CCOC2)CCN1c1cccc(F)n1. The zero-order valence-electron chi connectivity index (χ0n) is 12.2. The lowest BCUT2D eigenvalue weighted by atomic mass is 10.1. The van der Waals surface area contributed by atoms with Crippen LogP contribution in [-0.4, -0.2) is 54.7 Å². The second-order valence-electron chi connectivity index (χ2n) is 5.71. The average Bonchev–Trinajstić information content (AvgIpc) is 3.00. The summed E-state index contributed by atoms with van der Waals surface area (Å²) in [6, 6.07) is 4.94. The lowest BCUT2D eigenvalue weighted by Gasteiger charge is -2.41. The van der Waals surface area contributed by atoms with Crippen LogP contribution in [0.25, 0.3) is 0 Å². The van der Waals surface area contributed by atoms with Crippen molar-refractivity contribution in [3.63, 3.8) is 0 Å². The molecule has 0 radical (unpaired) electrons. The van der Waals surface area contributed by atoms with E-state index >= 15 is 0 Å². The van der Waals surface area contributed by atoms with Crippen LogP contribution < -0.4 is 4.90 Å². The maximum Gasteiger partial charge on any atom is 0.228 e. The van der Waals surface area contributed by atoms with E-state index in [1.165, 1.54) is 6.07 Å². The molecule has 6 heteroatoms. The van der Waals surface area contributed by atoms with Crippen LogP contribution in [0.5, 0.6) is 0 Å². The summed E-state index contributed by atoms with van der Waals surface area (Å²) in [6.45, 7) is 5.23. The number of hydrogen-bond donors (Lipinski definition) is 0. The van der Waals surface area contributed by atoms with Crippen molar-refractivity contribution < 1.29 is 13.9 Å². The van der Waals surface area contributed by atoms with Gasteiger partial charge in [-0.3, -0.25) is 4.79 Å². The maximum atomic E-state index is 13.2. The van der Waals surface area contributed by atoms with E-state index in [0.29, 0.717) is 38.7 Å².